The molecule has 0 aromatic rings. The van der Waals surface area contributed by atoms with Crippen LogP contribution in [-0.2, 0) is 18.4 Å². The van der Waals surface area contributed by atoms with Gasteiger partial charge in [0.15, 0.2) is 0 Å². The summed E-state index contributed by atoms with van der Waals surface area (Å²) in [6.07, 6.45) is 91.6. The molecule has 0 radical (unpaired) electrons. The number of hydrogen-bond donors (Lipinski definition) is 2. The Kier molecular flexibility index (Phi) is 59.1. The molecular weight excluding hydrogens is 1020 g/mol. The number of nitrogens with zero attached hydrogens (tertiary/aromatic N) is 1. The fourth-order valence-corrected chi connectivity index (χ4v) is 9.97. The first-order chi connectivity index (χ1) is 39.5. The molecule has 0 fully saturated rings. The summed E-state index contributed by atoms with van der Waals surface area (Å²) in [4.78, 5) is 25.6. The highest BCUT2D eigenvalue weighted by Gasteiger charge is 2.23. The van der Waals surface area contributed by atoms with Crippen LogP contribution in [-0.4, -0.2) is 68.5 Å². The van der Waals surface area contributed by atoms with E-state index in [1.807, 2.05) is 27.2 Å². The number of rotatable bonds is 60. The van der Waals surface area contributed by atoms with Crippen LogP contribution in [0.15, 0.2) is 122 Å². The van der Waals surface area contributed by atoms with Gasteiger partial charge in [-0.2, -0.15) is 0 Å². The lowest BCUT2D eigenvalue weighted by Crippen LogP contribution is -2.45. The van der Waals surface area contributed by atoms with Crippen molar-refractivity contribution in [3.63, 3.8) is 0 Å². The number of amides is 1. The molecule has 81 heavy (non-hydrogen) atoms. The van der Waals surface area contributed by atoms with E-state index < -0.39 is 26.6 Å². The van der Waals surface area contributed by atoms with Crippen molar-refractivity contribution in [1.82, 2.24) is 5.32 Å². The van der Waals surface area contributed by atoms with Gasteiger partial charge in [-0.1, -0.05) is 296 Å². The molecule has 0 heterocycles. The highest BCUT2D eigenvalue weighted by molar-refractivity contribution is 7.45. The Morgan fingerprint density at radius 2 is 0.765 bits per heavy atom. The van der Waals surface area contributed by atoms with E-state index in [0.717, 1.165) is 103 Å². The van der Waals surface area contributed by atoms with Crippen molar-refractivity contribution in [1.29, 1.82) is 0 Å². The molecule has 0 aliphatic heterocycles. The standard InChI is InChI=1S/C72H127N2O6P/c1-6-8-10-12-14-16-18-20-22-24-26-28-30-32-34-35-36-37-38-39-40-42-44-46-48-50-52-54-56-58-60-62-64-66-72(76)73-70(69-80-81(77,78)79-68-67-74(3,4)5)71(75)65-63-61-59-57-55-53-51-49-47-45-43-41-33-31-29-27-25-23-21-19-17-15-13-11-9-7-2/h8,10,14,16,20,22,26,28,32,34,36-37,39-40,44,46,55,57,63,65,70-71,75H,6-7,9,11-13,15,17-19,21,23-25,27,29-31,33,35,38,41-43,45,47-54,56,58-62,64,66-69H2,1-5H3,(H-,73,76,77,78)/b10-8-,16-14-,22-20-,28-26-,34-32-,37-36-,40-39-,46-44-,57-55+,65-63+. The molecule has 3 unspecified atom stereocenters. The molecule has 8 nitrogen and oxygen atoms in total. The Hall–Kier alpha value is -3.10. The third kappa shape index (κ3) is 64.3. The third-order valence-electron chi connectivity index (χ3n) is 14.4. The van der Waals surface area contributed by atoms with Crippen LogP contribution in [0.3, 0.4) is 0 Å². The van der Waals surface area contributed by atoms with Gasteiger partial charge in [0.1, 0.15) is 13.2 Å². The van der Waals surface area contributed by atoms with Crippen LogP contribution in [0, 0.1) is 0 Å². The van der Waals surface area contributed by atoms with Crippen molar-refractivity contribution in [3.8, 4) is 0 Å². The topological polar surface area (TPSA) is 108 Å². The summed E-state index contributed by atoms with van der Waals surface area (Å²) in [7, 11) is 1.23. The minimum Gasteiger partial charge on any atom is -0.756 e. The predicted octanol–water partition coefficient (Wildman–Crippen LogP) is 20.6. The van der Waals surface area contributed by atoms with Crippen LogP contribution in [0.2, 0.25) is 0 Å². The van der Waals surface area contributed by atoms with E-state index in [1.165, 1.54) is 154 Å². The summed E-state index contributed by atoms with van der Waals surface area (Å²) >= 11 is 0. The van der Waals surface area contributed by atoms with Gasteiger partial charge in [-0.3, -0.25) is 9.36 Å². The average Bonchev–Trinajstić information content (AvgIpc) is 3.43. The van der Waals surface area contributed by atoms with Crippen molar-refractivity contribution in [2.75, 3.05) is 40.9 Å². The zero-order valence-corrected chi connectivity index (χ0v) is 54.1. The third-order valence-corrected chi connectivity index (χ3v) is 15.4. The lowest BCUT2D eigenvalue weighted by Gasteiger charge is -2.29. The lowest BCUT2D eigenvalue weighted by molar-refractivity contribution is -0.870. The molecule has 0 saturated heterocycles. The zero-order valence-electron chi connectivity index (χ0n) is 53.2. The fourth-order valence-electron chi connectivity index (χ4n) is 9.25. The molecule has 0 aromatic carbocycles. The van der Waals surface area contributed by atoms with Crippen molar-refractivity contribution in [2.45, 2.75) is 289 Å². The molecule has 2 N–H and O–H groups in total. The number of hydrogen-bond acceptors (Lipinski definition) is 6. The zero-order chi connectivity index (χ0) is 59.1. The van der Waals surface area contributed by atoms with Crippen molar-refractivity contribution in [3.05, 3.63) is 122 Å². The number of aliphatic hydroxyl groups is 1. The summed E-state index contributed by atoms with van der Waals surface area (Å²) in [6.45, 7) is 4.52. The van der Waals surface area contributed by atoms with Gasteiger partial charge >= 0.3 is 0 Å². The van der Waals surface area contributed by atoms with E-state index in [2.05, 4.69) is 129 Å². The normalized spacial score (nSPS) is 14.5. The average molecular weight is 1150 g/mol. The second kappa shape index (κ2) is 61.5. The number of carbonyl (C=O) groups excluding carboxylic acids is 1. The van der Waals surface area contributed by atoms with E-state index in [9.17, 15) is 19.4 Å². The quantitative estimate of drug-likeness (QED) is 0.0272. The number of unbranched alkanes of at least 4 members (excludes halogenated alkanes) is 29. The number of carbonyl (C=O) groups is 1. The van der Waals surface area contributed by atoms with Crippen molar-refractivity contribution in [2.24, 2.45) is 0 Å². The Balaban J connectivity index is 4.22. The van der Waals surface area contributed by atoms with Gasteiger partial charge in [0, 0.05) is 6.42 Å². The molecule has 0 aliphatic carbocycles. The number of nitrogens with one attached hydrogen (secondary N) is 1. The minimum absolute atomic E-state index is 0.0139. The molecule has 0 aromatic heterocycles. The maximum Gasteiger partial charge on any atom is 0.268 e. The summed E-state index contributed by atoms with van der Waals surface area (Å²) in [5, 5.41) is 13.9. The van der Waals surface area contributed by atoms with Crippen LogP contribution in [0.25, 0.3) is 0 Å². The van der Waals surface area contributed by atoms with Crippen LogP contribution >= 0.6 is 7.82 Å². The summed E-state index contributed by atoms with van der Waals surface area (Å²) in [6, 6.07) is -0.918. The fraction of sp³-hybridized carbons (Fsp3) is 0.708. The van der Waals surface area contributed by atoms with Gasteiger partial charge in [-0.25, -0.2) is 0 Å². The molecule has 0 aliphatic rings. The van der Waals surface area contributed by atoms with Gasteiger partial charge in [-0.05, 0) is 96.3 Å². The first kappa shape index (κ1) is 77.9. The molecule has 9 heteroatoms. The highest BCUT2D eigenvalue weighted by Crippen LogP contribution is 2.38. The number of phosphoric acid groups is 1. The number of phosphoric ester groups is 1. The first-order valence-corrected chi connectivity index (χ1v) is 34.9. The van der Waals surface area contributed by atoms with Crippen LogP contribution in [0.1, 0.15) is 277 Å². The maximum atomic E-state index is 13.0. The maximum absolute atomic E-state index is 13.0. The molecule has 0 rings (SSSR count). The van der Waals surface area contributed by atoms with Gasteiger partial charge < -0.3 is 28.8 Å². The largest absolute Gasteiger partial charge is 0.756 e. The number of quaternary nitrogens is 1. The van der Waals surface area contributed by atoms with Gasteiger partial charge in [0.2, 0.25) is 5.91 Å². The minimum atomic E-state index is -4.62. The number of likely N-dealkylation sites (N-methyl/N-ethyl adjacent to an activating group) is 1. The Bertz CT molecular complexity index is 1730. The Morgan fingerprint density at radius 1 is 0.444 bits per heavy atom. The second-order valence-electron chi connectivity index (χ2n) is 23.4. The van der Waals surface area contributed by atoms with E-state index in [4.69, 9.17) is 9.05 Å². The molecule has 1 amide bonds. The predicted molar refractivity (Wildman–Crippen MR) is 352 cm³/mol. The monoisotopic (exact) mass is 1150 g/mol. The Labute approximate surface area is 501 Å². The smallest absolute Gasteiger partial charge is 0.268 e. The first-order valence-electron chi connectivity index (χ1n) is 33.4. The molecule has 466 valence electrons. The lowest BCUT2D eigenvalue weighted by atomic mass is 10.0. The SMILES string of the molecule is CC/C=C\C/C=C\C/C=C\C/C=C\C/C=C\C/C=C\C/C=C\C/C=C\CCCCCCCCCCC(=O)NC(COP(=O)([O-])OCC[N+](C)(C)C)C(O)/C=C/CC/C=C/CCCCCCCCCCCCCCCCCCCCCC. The van der Waals surface area contributed by atoms with E-state index in [1.54, 1.807) is 6.08 Å². The van der Waals surface area contributed by atoms with Crippen molar-refractivity contribution >= 4 is 13.7 Å². The number of allylic oxidation sites excluding steroid dienone is 19. The van der Waals surface area contributed by atoms with Crippen LogP contribution < -0.4 is 10.2 Å². The summed E-state index contributed by atoms with van der Waals surface area (Å²) in [5.41, 5.74) is 0. The molecular formula is C72H127N2O6P. The van der Waals surface area contributed by atoms with E-state index >= 15 is 0 Å². The van der Waals surface area contributed by atoms with E-state index in [-0.39, 0.29) is 12.5 Å². The van der Waals surface area contributed by atoms with Crippen LogP contribution in [0.4, 0.5) is 0 Å². The molecule has 3 atom stereocenters. The summed E-state index contributed by atoms with van der Waals surface area (Å²) < 4.78 is 23.4. The van der Waals surface area contributed by atoms with Gasteiger partial charge in [0.25, 0.3) is 7.82 Å². The molecule has 0 spiro atoms. The van der Waals surface area contributed by atoms with Crippen LogP contribution in [0.5, 0.6) is 0 Å². The second-order valence-corrected chi connectivity index (χ2v) is 24.8. The number of aliphatic hydroxyl groups excluding tert-OH is 1. The molecule has 0 bridgehead atoms. The molecule has 0 saturated carbocycles. The highest BCUT2D eigenvalue weighted by atomic mass is 31.2. The summed E-state index contributed by atoms with van der Waals surface area (Å²) in [5.74, 6) is -0.218. The van der Waals surface area contributed by atoms with Gasteiger partial charge in [-0.15, -0.1) is 0 Å². The van der Waals surface area contributed by atoms with Crippen molar-refractivity contribution < 1.29 is 32.9 Å². The van der Waals surface area contributed by atoms with Gasteiger partial charge in [0.05, 0.1) is 39.9 Å². The van der Waals surface area contributed by atoms with E-state index in [0.29, 0.717) is 17.4 Å². The Morgan fingerprint density at radius 3 is 1.15 bits per heavy atom.